The minimum atomic E-state index is -0.696. The van der Waals surface area contributed by atoms with E-state index in [1.54, 1.807) is 15.7 Å². The minimum Gasteiger partial charge on any atom is -0.503 e. The van der Waals surface area contributed by atoms with Gasteiger partial charge in [-0.15, -0.1) is 10.2 Å². The van der Waals surface area contributed by atoms with E-state index in [1.165, 1.54) is 12.1 Å². The monoisotopic (exact) mass is 485 g/mol. The van der Waals surface area contributed by atoms with E-state index >= 15 is 0 Å². The van der Waals surface area contributed by atoms with Crippen LogP contribution in [-0.2, 0) is 13.0 Å². The van der Waals surface area contributed by atoms with Gasteiger partial charge in [0.05, 0.1) is 12.1 Å². The van der Waals surface area contributed by atoms with Crippen LogP contribution >= 0.6 is 11.3 Å². The molecular weight excluding hydrogens is 464 g/mol. The minimum absolute atomic E-state index is 0.00878. The summed E-state index contributed by atoms with van der Waals surface area (Å²) in [5.41, 5.74) is -0.847. The van der Waals surface area contributed by atoms with E-state index in [9.17, 15) is 23.5 Å². The number of amides is 1. The molecule has 3 aromatic rings. The highest BCUT2D eigenvalue weighted by atomic mass is 32.1. The molecule has 0 spiro atoms. The fraction of sp³-hybridized carbons (Fsp3) is 0.391. The predicted octanol–water partition coefficient (Wildman–Crippen LogP) is 2.59. The molecule has 176 valence electrons. The maximum Gasteiger partial charge on any atom is 0.276 e. The summed E-state index contributed by atoms with van der Waals surface area (Å²) in [7, 11) is 0. The number of benzene rings is 1. The van der Waals surface area contributed by atoms with Gasteiger partial charge in [0, 0.05) is 37.8 Å². The molecule has 2 saturated heterocycles. The number of pyridine rings is 1. The zero-order chi connectivity index (χ0) is 23.8. The first-order chi connectivity index (χ1) is 16.3. The van der Waals surface area contributed by atoms with Crippen molar-refractivity contribution >= 4 is 17.2 Å². The maximum absolute atomic E-state index is 14.0. The average molecular weight is 486 g/mol. The van der Waals surface area contributed by atoms with Gasteiger partial charge in [0.2, 0.25) is 5.43 Å². The van der Waals surface area contributed by atoms with E-state index in [4.69, 9.17) is 0 Å². The van der Waals surface area contributed by atoms with Crippen molar-refractivity contribution < 1.29 is 18.7 Å². The summed E-state index contributed by atoms with van der Waals surface area (Å²) in [4.78, 5) is 30.4. The van der Waals surface area contributed by atoms with Crippen molar-refractivity contribution in [3.63, 3.8) is 0 Å². The first-order valence-corrected chi connectivity index (χ1v) is 11.9. The van der Waals surface area contributed by atoms with Crippen LogP contribution in [0.2, 0.25) is 0 Å². The van der Waals surface area contributed by atoms with E-state index in [0.717, 1.165) is 36.8 Å². The number of hydrogen-bond acceptors (Lipinski definition) is 7. The van der Waals surface area contributed by atoms with Crippen LogP contribution in [0, 0.1) is 11.6 Å². The Morgan fingerprint density at radius 3 is 2.88 bits per heavy atom. The van der Waals surface area contributed by atoms with Crippen LogP contribution in [0.25, 0.3) is 10.6 Å². The Hall–Kier alpha value is -3.18. The first kappa shape index (κ1) is 21.4. The Kier molecular flexibility index (Phi) is 4.65. The van der Waals surface area contributed by atoms with Crippen LogP contribution in [0.4, 0.5) is 8.78 Å². The highest BCUT2D eigenvalue weighted by Crippen LogP contribution is 2.42. The molecule has 11 heteroatoms. The van der Waals surface area contributed by atoms with Crippen LogP contribution in [0.5, 0.6) is 5.75 Å². The number of fused-ring (bicyclic) bond motifs is 4. The lowest BCUT2D eigenvalue weighted by molar-refractivity contribution is 0.00382. The third-order valence-corrected chi connectivity index (χ3v) is 8.16. The Balaban J connectivity index is 1.37. The Bertz CT molecular complexity index is 1410. The molecule has 0 aliphatic carbocycles. The van der Waals surface area contributed by atoms with Crippen molar-refractivity contribution in [2.75, 3.05) is 13.1 Å². The lowest BCUT2D eigenvalue weighted by Crippen LogP contribution is -2.59. The maximum atomic E-state index is 14.0. The van der Waals surface area contributed by atoms with Crippen molar-refractivity contribution in [3.05, 3.63) is 62.5 Å². The molecule has 2 atom stereocenters. The predicted molar refractivity (Wildman–Crippen MR) is 120 cm³/mol. The Labute approximate surface area is 197 Å². The number of nitrogens with zero attached hydrogens (tertiary/aromatic N) is 5. The van der Waals surface area contributed by atoms with Gasteiger partial charge in [-0.05, 0) is 31.4 Å². The zero-order valence-corrected chi connectivity index (χ0v) is 19.1. The van der Waals surface area contributed by atoms with Gasteiger partial charge in [-0.2, -0.15) is 0 Å². The summed E-state index contributed by atoms with van der Waals surface area (Å²) in [6.07, 6.45) is 3.75. The molecule has 1 N–H and O–H groups in total. The molecule has 2 aromatic heterocycles. The second-order valence-corrected chi connectivity index (χ2v) is 10.3. The molecule has 6 rings (SSSR count). The fourth-order valence-electron chi connectivity index (χ4n) is 5.56. The molecule has 34 heavy (non-hydrogen) atoms. The summed E-state index contributed by atoms with van der Waals surface area (Å²) in [6, 6.07) is 3.61. The van der Waals surface area contributed by atoms with Gasteiger partial charge in [-0.25, -0.2) is 8.78 Å². The summed E-state index contributed by atoms with van der Waals surface area (Å²) in [5, 5.41) is 19.6. The van der Waals surface area contributed by atoms with Crippen LogP contribution in [0.1, 0.15) is 40.8 Å². The van der Waals surface area contributed by atoms with E-state index < -0.39 is 28.5 Å². The number of rotatable bonds is 3. The van der Waals surface area contributed by atoms with Gasteiger partial charge in [-0.1, -0.05) is 17.4 Å². The van der Waals surface area contributed by atoms with E-state index in [-0.39, 0.29) is 40.2 Å². The lowest BCUT2D eigenvalue weighted by atomic mass is 10.0. The number of halogens is 2. The molecule has 3 aliphatic rings. The number of hydrogen-bond donors (Lipinski definition) is 1. The zero-order valence-electron chi connectivity index (χ0n) is 18.3. The van der Waals surface area contributed by atoms with Gasteiger partial charge in [-0.3, -0.25) is 14.5 Å². The van der Waals surface area contributed by atoms with Crippen LogP contribution in [0.15, 0.2) is 29.2 Å². The second-order valence-electron chi connectivity index (χ2n) is 9.23. The van der Waals surface area contributed by atoms with Crippen LogP contribution < -0.4 is 5.43 Å². The molecule has 0 saturated carbocycles. The van der Waals surface area contributed by atoms with Gasteiger partial charge in [0.1, 0.15) is 22.3 Å². The van der Waals surface area contributed by atoms with Crippen LogP contribution in [-0.4, -0.2) is 60.4 Å². The molecule has 0 radical (unpaired) electrons. The van der Waals surface area contributed by atoms with E-state index in [0.29, 0.717) is 18.1 Å². The Morgan fingerprint density at radius 2 is 2.09 bits per heavy atom. The van der Waals surface area contributed by atoms with Crippen molar-refractivity contribution in [2.45, 2.75) is 44.4 Å². The van der Waals surface area contributed by atoms with E-state index in [1.807, 2.05) is 6.92 Å². The number of carbonyl (C=O) groups is 1. The van der Waals surface area contributed by atoms with Gasteiger partial charge < -0.3 is 14.6 Å². The molecular formula is C23H21F2N5O3S. The standard InChI is InChI=1S/C23H21F2N5O3S/c1-23-11-28-10-15(21-27-26-17(34-21)7-12-4-5-13(24)8-16(12)25)19(31)20(32)18(28)22(33)30(23)9-14-3-2-6-29(14)23/h4-5,8,10,14,32H,2-3,6-7,9,11H2,1H3. The third kappa shape index (κ3) is 3.03. The van der Waals surface area contributed by atoms with Gasteiger partial charge in [0.15, 0.2) is 16.5 Å². The largest absolute Gasteiger partial charge is 0.503 e. The van der Waals surface area contributed by atoms with Crippen LogP contribution in [0.3, 0.4) is 0 Å². The SMILES string of the molecule is CC12Cn3cc(-c4nnc(Cc5ccc(F)cc5F)s4)c(=O)c(O)c3C(=O)N1CC1CCCN12. The summed E-state index contributed by atoms with van der Waals surface area (Å²) in [5.74, 6) is -2.30. The summed E-state index contributed by atoms with van der Waals surface area (Å²) in [6.45, 7) is 3.93. The molecule has 5 heterocycles. The normalized spacial score (nSPS) is 23.8. The van der Waals surface area contributed by atoms with E-state index in [2.05, 4.69) is 15.1 Å². The highest BCUT2D eigenvalue weighted by molar-refractivity contribution is 7.14. The topological polar surface area (TPSA) is 91.6 Å². The quantitative estimate of drug-likeness (QED) is 0.613. The summed E-state index contributed by atoms with van der Waals surface area (Å²) >= 11 is 1.09. The van der Waals surface area contributed by atoms with Gasteiger partial charge >= 0.3 is 0 Å². The number of aromatic hydroxyl groups is 1. The lowest BCUT2D eigenvalue weighted by Gasteiger charge is -2.45. The average Bonchev–Trinajstić information content (AvgIpc) is 3.50. The Morgan fingerprint density at radius 1 is 1.26 bits per heavy atom. The van der Waals surface area contributed by atoms with Crippen molar-refractivity contribution in [1.29, 1.82) is 0 Å². The first-order valence-electron chi connectivity index (χ1n) is 11.1. The third-order valence-electron chi connectivity index (χ3n) is 7.20. The fourth-order valence-corrected chi connectivity index (χ4v) is 6.43. The second kappa shape index (κ2) is 7.41. The van der Waals surface area contributed by atoms with Crippen molar-refractivity contribution in [3.8, 4) is 16.3 Å². The van der Waals surface area contributed by atoms with Crippen molar-refractivity contribution in [1.82, 2.24) is 24.6 Å². The molecule has 2 unspecified atom stereocenters. The molecule has 8 nitrogen and oxygen atoms in total. The molecule has 1 amide bonds. The highest BCUT2D eigenvalue weighted by Gasteiger charge is 2.55. The summed E-state index contributed by atoms with van der Waals surface area (Å²) < 4.78 is 28.9. The molecule has 0 bridgehead atoms. The molecule has 3 aliphatic heterocycles. The molecule has 2 fully saturated rings. The number of aromatic nitrogens is 3. The molecule has 1 aromatic carbocycles. The van der Waals surface area contributed by atoms with Gasteiger partial charge in [0.25, 0.3) is 5.91 Å². The number of carbonyl (C=O) groups excluding carboxylic acids is 1. The van der Waals surface area contributed by atoms with Crippen molar-refractivity contribution in [2.24, 2.45) is 0 Å². The smallest absolute Gasteiger partial charge is 0.276 e.